The molecule has 2 unspecified atom stereocenters. The van der Waals surface area contributed by atoms with Gasteiger partial charge in [-0.25, -0.2) is 0 Å². The molecule has 3 N–H and O–H groups in total. The predicted molar refractivity (Wildman–Crippen MR) is 125 cm³/mol. The maximum atomic E-state index is 13.5. The van der Waals surface area contributed by atoms with Gasteiger partial charge in [0.1, 0.15) is 16.7 Å². The van der Waals surface area contributed by atoms with Crippen LogP contribution in [0.25, 0.3) is 21.8 Å². The summed E-state index contributed by atoms with van der Waals surface area (Å²) in [6, 6.07) is 14.9. The number of carbonyl (C=O) groups excluding carboxylic acids is 1. The van der Waals surface area contributed by atoms with Gasteiger partial charge in [0.15, 0.2) is 0 Å². The van der Waals surface area contributed by atoms with Crippen LogP contribution in [0, 0.1) is 12.8 Å². The average molecular weight is 431 g/mol. The largest absolute Gasteiger partial charge is 0.398 e. The first kappa shape index (κ1) is 20.3. The standard InChI is InChI=1S/C25H26N4O3/c1-15-21-23(28-32-15)22-19(26)11-6-12-20(22)29(25(21)31)18-10-5-7-16(13-18)14-27-24(30)17-8-3-2-4-9-17/h2-4,6,8-9,11-12,16,18H,5,7,10,13-14,26H2,1H3,(H,27,30). The van der Waals surface area contributed by atoms with Crippen molar-refractivity contribution >= 4 is 33.4 Å². The minimum absolute atomic E-state index is 0.0258. The van der Waals surface area contributed by atoms with Crippen LogP contribution in [0.4, 0.5) is 5.69 Å². The molecular weight excluding hydrogens is 404 g/mol. The Balaban J connectivity index is 1.46. The summed E-state index contributed by atoms with van der Waals surface area (Å²) in [5.74, 6) is 0.736. The van der Waals surface area contributed by atoms with Gasteiger partial charge in [-0.3, -0.25) is 9.59 Å². The van der Waals surface area contributed by atoms with Crippen LogP contribution < -0.4 is 16.6 Å². The number of nitrogens with one attached hydrogen (secondary N) is 1. The number of fused-ring (bicyclic) bond motifs is 3. The number of carbonyl (C=O) groups is 1. The Morgan fingerprint density at radius 3 is 2.78 bits per heavy atom. The molecule has 0 aliphatic heterocycles. The van der Waals surface area contributed by atoms with Gasteiger partial charge in [-0.05, 0) is 56.4 Å². The fourth-order valence-corrected chi connectivity index (χ4v) is 5.01. The number of nitrogens with two attached hydrogens (primary N) is 1. The second kappa shape index (κ2) is 8.15. The van der Waals surface area contributed by atoms with E-state index >= 15 is 0 Å². The number of aromatic nitrogens is 2. The summed E-state index contributed by atoms with van der Waals surface area (Å²) in [5, 5.41) is 8.45. The first-order valence-corrected chi connectivity index (χ1v) is 11.1. The molecule has 7 heteroatoms. The van der Waals surface area contributed by atoms with Crippen molar-refractivity contribution in [3.63, 3.8) is 0 Å². The zero-order valence-electron chi connectivity index (χ0n) is 18.0. The number of benzene rings is 2. The highest BCUT2D eigenvalue weighted by Gasteiger charge is 2.28. The van der Waals surface area contributed by atoms with Gasteiger partial charge in [0, 0.05) is 23.8 Å². The summed E-state index contributed by atoms with van der Waals surface area (Å²) in [4.78, 5) is 26.0. The second-order valence-electron chi connectivity index (χ2n) is 8.64. The van der Waals surface area contributed by atoms with E-state index in [4.69, 9.17) is 10.3 Å². The van der Waals surface area contributed by atoms with E-state index in [1.54, 1.807) is 6.92 Å². The van der Waals surface area contributed by atoms with Gasteiger partial charge in [-0.2, -0.15) is 0 Å². The lowest BCUT2D eigenvalue weighted by Gasteiger charge is -2.31. The number of rotatable bonds is 4. The van der Waals surface area contributed by atoms with E-state index < -0.39 is 0 Å². The smallest absolute Gasteiger partial charge is 0.264 e. The van der Waals surface area contributed by atoms with E-state index in [0.717, 1.165) is 36.6 Å². The molecule has 0 bridgehead atoms. The molecule has 1 amide bonds. The molecule has 1 aliphatic rings. The number of aryl methyl sites for hydroxylation is 1. The summed E-state index contributed by atoms with van der Waals surface area (Å²) >= 11 is 0. The highest BCUT2D eigenvalue weighted by molar-refractivity contribution is 6.09. The van der Waals surface area contributed by atoms with E-state index in [0.29, 0.717) is 40.4 Å². The van der Waals surface area contributed by atoms with Gasteiger partial charge in [-0.15, -0.1) is 0 Å². The topological polar surface area (TPSA) is 103 Å². The molecule has 164 valence electrons. The van der Waals surface area contributed by atoms with E-state index in [1.165, 1.54) is 0 Å². The van der Waals surface area contributed by atoms with Crippen LogP contribution >= 0.6 is 0 Å². The third-order valence-corrected chi connectivity index (χ3v) is 6.57. The highest BCUT2D eigenvalue weighted by Crippen LogP contribution is 2.36. The number of nitrogens with zero attached hydrogens (tertiary/aromatic N) is 2. The molecule has 7 nitrogen and oxygen atoms in total. The summed E-state index contributed by atoms with van der Waals surface area (Å²) in [5.41, 5.74) is 8.76. The Hall–Kier alpha value is -3.61. The summed E-state index contributed by atoms with van der Waals surface area (Å²) in [6.07, 6.45) is 3.74. The van der Waals surface area contributed by atoms with Crippen molar-refractivity contribution in [2.75, 3.05) is 12.3 Å². The summed E-state index contributed by atoms with van der Waals surface area (Å²) in [7, 11) is 0. The minimum Gasteiger partial charge on any atom is -0.398 e. The second-order valence-corrected chi connectivity index (χ2v) is 8.64. The van der Waals surface area contributed by atoms with E-state index in [1.807, 2.05) is 53.1 Å². The third kappa shape index (κ3) is 3.43. The maximum Gasteiger partial charge on any atom is 0.264 e. The minimum atomic E-state index is -0.0872. The van der Waals surface area contributed by atoms with Gasteiger partial charge in [0.2, 0.25) is 0 Å². The van der Waals surface area contributed by atoms with Gasteiger partial charge < -0.3 is 20.1 Å². The Morgan fingerprint density at radius 1 is 1.16 bits per heavy atom. The molecule has 1 fully saturated rings. The number of anilines is 1. The predicted octanol–water partition coefficient (Wildman–Crippen LogP) is 4.19. The molecule has 32 heavy (non-hydrogen) atoms. The van der Waals surface area contributed by atoms with Crippen molar-refractivity contribution in [1.82, 2.24) is 15.0 Å². The molecule has 0 saturated heterocycles. The monoisotopic (exact) mass is 430 g/mol. The number of amides is 1. The first-order valence-electron chi connectivity index (χ1n) is 11.1. The van der Waals surface area contributed by atoms with E-state index in [2.05, 4.69) is 10.5 Å². The zero-order valence-corrected chi connectivity index (χ0v) is 18.0. The van der Waals surface area contributed by atoms with Crippen molar-refractivity contribution in [3.8, 4) is 0 Å². The van der Waals surface area contributed by atoms with Gasteiger partial charge >= 0.3 is 0 Å². The summed E-state index contributed by atoms with van der Waals surface area (Å²) < 4.78 is 7.24. The Morgan fingerprint density at radius 2 is 1.97 bits per heavy atom. The maximum absolute atomic E-state index is 13.5. The van der Waals surface area contributed by atoms with E-state index in [-0.39, 0.29) is 17.5 Å². The lowest BCUT2D eigenvalue weighted by molar-refractivity contribution is 0.0940. The zero-order chi connectivity index (χ0) is 22.2. The fourth-order valence-electron chi connectivity index (χ4n) is 5.01. The van der Waals surface area contributed by atoms with Gasteiger partial charge in [0.25, 0.3) is 11.5 Å². The molecule has 2 aromatic heterocycles. The molecule has 2 aromatic carbocycles. The summed E-state index contributed by atoms with van der Waals surface area (Å²) in [6.45, 7) is 2.35. The average Bonchev–Trinajstić information content (AvgIpc) is 3.20. The highest BCUT2D eigenvalue weighted by atomic mass is 16.5. The van der Waals surface area contributed by atoms with Crippen molar-refractivity contribution in [1.29, 1.82) is 0 Å². The molecule has 5 rings (SSSR count). The molecule has 1 saturated carbocycles. The van der Waals surface area contributed by atoms with E-state index in [9.17, 15) is 9.59 Å². The van der Waals surface area contributed by atoms with Crippen molar-refractivity contribution in [2.24, 2.45) is 5.92 Å². The van der Waals surface area contributed by atoms with Gasteiger partial charge in [0.05, 0.1) is 10.9 Å². The normalized spacial score (nSPS) is 18.8. The van der Waals surface area contributed by atoms with Crippen LogP contribution in [-0.2, 0) is 0 Å². The van der Waals surface area contributed by atoms with Crippen LogP contribution in [0.2, 0.25) is 0 Å². The molecule has 4 aromatic rings. The molecular formula is C25H26N4O3. The Bertz CT molecular complexity index is 1360. The number of nitrogen functional groups attached to an aromatic ring is 1. The first-order chi connectivity index (χ1) is 15.5. The number of pyridine rings is 1. The molecule has 0 spiro atoms. The lowest BCUT2D eigenvalue weighted by atomic mass is 9.85. The van der Waals surface area contributed by atoms with Gasteiger partial charge in [-0.1, -0.05) is 35.8 Å². The van der Waals surface area contributed by atoms with Crippen molar-refractivity contribution < 1.29 is 9.32 Å². The van der Waals surface area contributed by atoms with Crippen LogP contribution in [0.1, 0.15) is 47.8 Å². The fraction of sp³-hybridized carbons (Fsp3) is 0.320. The van der Waals surface area contributed by atoms with Crippen molar-refractivity contribution in [3.05, 3.63) is 70.2 Å². The lowest BCUT2D eigenvalue weighted by Crippen LogP contribution is -2.34. The van der Waals surface area contributed by atoms with Crippen LogP contribution in [0.5, 0.6) is 0 Å². The number of hydrogen-bond donors (Lipinski definition) is 2. The Labute approximate surface area is 185 Å². The molecule has 1 aliphatic carbocycles. The van der Waals surface area contributed by atoms with Crippen LogP contribution in [0.15, 0.2) is 57.8 Å². The third-order valence-electron chi connectivity index (χ3n) is 6.57. The molecule has 0 radical (unpaired) electrons. The molecule has 2 atom stereocenters. The van der Waals surface area contributed by atoms with Crippen molar-refractivity contribution in [2.45, 2.75) is 38.6 Å². The quantitative estimate of drug-likeness (QED) is 0.473. The van der Waals surface area contributed by atoms with Crippen LogP contribution in [0.3, 0.4) is 0 Å². The molecule has 2 heterocycles. The number of hydrogen-bond acceptors (Lipinski definition) is 5. The SMILES string of the molecule is Cc1onc2c1c(=O)n(C1CCCC(CNC(=O)c3ccccc3)C1)c1cccc(N)c21. The van der Waals surface area contributed by atoms with Crippen LogP contribution in [-0.4, -0.2) is 22.2 Å². The Kier molecular flexibility index (Phi) is 5.17.